The Morgan fingerprint density at radius 1 is 1.24 bits per heavy atom. The highest BCUT2D eigenvalue weighted by molar-refractivity contribution is 6.15. The van der Waals surface area contributed by atoms with Gasteiger partial charge in [-0.25, -0.2) is 4.39 Å². The smallest absolute Gasteiger partial charge is 0.258 e. The molecule has 2 N–H and O–H groups in total. The lowest BCUT2D eigenvalue weighted by Crippen LogP contribution is -2.25. The van der Waals surface area contributed by atoms with Crippen molar-refractivity contribution >= 4 is 22.7 Å². The Morgan fingerprint density at radius 3 is 2.71 bits per heavy atom. The van der Waals surface area contributed by atoms with Crippen LogP contribution in [0.15, 0.2) is 47.1 Å². The molecule has 0 saturated carbocycles. The zero-order chi connectivity index (χ0) is 24.0. The van der Waals surface area contributed by atoms with Crippen molar-refractivity contribution in [3.8, 4) is 5.75 Å². The Morgan fingerprint density at radius 2 is 2.00 bits per heavy atom. The Hall–Kier alpha value is -4.27. The number of nitrogens with zero attached hydrogens (tertiary/aromatic N) is 3. The lowest BCUT2D eigenvalue weighted by molar-refractivity contribution is 0.0813. The summed E-state index contributed by atoms with van der Waals surface area (Å²) >= 11 is 0. The summed E-state index contributed by atoms with van der Waals surface area (Å²) in [7, 11) is 1.61. The van der Waals surface area contributed by atoms with Crippen LogP contribution in [0.25, 0.3) is 10.9 Å². The van der Waals surface area contributed by atoms with Crippen LogP contribution in [-0.4, -0.2) is 39.0 Å². The normalized spacial score (nSPS) is 12.9. The lowest BCUT2D eigenvalue weighted by atomic mass is 9.94. The number of amides is 2. The fourth-order valence-electron chi connectivity index (χ4n) is 4.28. The summed E-state index contributed by atoms with van der Waals surface area (Å²) in [4.78, 5) is 31.9. The van der Waals surface area contributed by atoms with Gasteiger partial charge in [-0.05, 0) is 42.7 Å². The molecule has 2 amide bonds. The highest BCUT2D eigenvalue weighted by atomic mass is 19.1. The molecule has 1 aliphatic rings. The van der Waals surface area contributed by atoms with Crippen molar-refractivity contribution < 1.29 is 23.6 Å². The molecule has 3 heterocycles. The van der Waals surface area contributed by atoms with E-state index in [1.54, 1.807) is 44.4 Å². The van der Waals surface area contributed by atoms with Crippen molar-refractivity contribution in [3.63, 3.8) is 0 Å². The van der Waals surface area contributed by atoms with Gasteiger partial charge in [-0.15, -0.1) is 0 Å². The summed E-state index contributed by atoms with van der Waals surface area (Å²) in [5.74, 6) is -0.715. The molecule has 2 aromatic heterocycles. The number of carbonyl (C=O) groups is 2. The third-order valence-corrected chi connectivity index (χ3v) is 5.89. The maximum absolute atomic E-state index is 13.4. The molecular weight excluding hydrogens is 439 g/mol. The lowest BCUT2D eigenvalue weighted by Gasteiger charge is -2.14. The van der Waals surface area contributed by atoms with Gasteiger partial charge in [-0.2, -0.15) is 0 Å². The second-order valence-corrected chi connectivity index (χ2v) is 8.39. The van der Waals surface area contributed by atoms with E-state index in [1.807, 2.05) is 0 Å². The molecule has 8 nitrogen and oxygen atoms in total. The van der Waals surface area contributed by atoms with Crippen LogP contribution in [0.2, 0.25) is 0 Å². The average molecular weight is 460 g/mol. The molecule has 34 heavy (non-hydrogen) atoms. The number of aromatic hydroxyl groups is 1. The summed E-state index contributed by atoms with van der Waals surface area (Å²) in [6.45, 7) is 2.08. The SMILES string of the molecule is Cc1cc(CNC(=O)c2c3c(c(O)c4ncc(Cc5ccc(F)cc5)cc24)C(=O)N(C)C3)no1. The summed E-state index contributed by atoms with van der Waals surface area (Å²) in [6.07, 6.45) is 2.04. The molecule has 0 fully saturated rings. The van der Waals surface area contributed by atoms with E-state index in [0.717, 1.165) is 11.1 Å². The van der Waals surface area contributed by atoms with Gasteiger partial charge in [-0.1, -0.05) is 17.3 Å². The van der Waals surface area contributed by atoms with E-state index in [1.165, 1.54) is 17.0 Å². The van der Waals surface area contributed by atoms with E-state index in [4.69, 9.17) is 4.52 Å². The highest BCUT2D eigenvalue weighted by Gasteiger charge is 2.35. The average Bonchev–Trinajstić information content (AvgIpc) is 3.36. The van der Waals surface area contributed by atoms with E-state index in [0.29, 0.717) is 28.8 Å². The quantitative estimate of drug-likeness (QED) is 0.472. The number of hydrogen-bond acceptors (Lipinski definition) is 6. The predicted molar refractivity (Wildman–Crippen MR) is 121 cm³/mol. The standard InChI is InChI=1S/C25H21FN4O4/c1-13-7-17(29-34-13)11-28-24(32)20-18-9-15(8-14-3-5-16(26)6-4-14)10-27-22(18)23(31)21-19(20)12-30(2)25(21)33/h3-7,9-10,31H,8,11-12H2,1-2H3,(H,28,32). The molecule has 1 aliphatic heterocycles. The maximum Gasteiger partial charge on any atom is 0.258 e. The summed E-state index contributed by atoms with van der Waals surface area (Å²) in [5.41, 5.74) is 3.21. The van der Waals surface area contributed by atoms with Crippen LogP contribution >= 0.6 is 0 Å². The molecule has 0 aliphatic carbocycles. The molecule has 5 rings (SSSR count). The van der Waals surface area contributed by atoms with Gasteiger partial charge in [0.25, 0.3) is 11.8 Å². The van der Waals surface area contributed by atoms with Crippen LogP contribution in [0.1, 0.15) is 48.9 Å². The molecule has 4 aromatic rings. The van der Waals surface area contributed by atoms with Crippen LogP contribution in [0.3, 0.4) is 0 Å². The number of aryl methyl sites for hydroxylation is 1. The van der Waals surface area contributed by atoms with Crippen molar-refractivity contribution in [2.75, 3.05) is 7.05 Å². The number of hydrogen-bond donors (Lipinski definition) is 2. The van der Waals surface area contributed by atoms with E-state index in [9.17, 15) is 19.1 Å². The topological polar surface area (TPSA) is 109 Å². The molecule has 0 radical (unpaired) electrons. The van der Waals surface area contributed by atoms with Crippen molar-refractivity contribution in [1.29, 1.82) is 0 Å². The Balaban J connectivity index is 1.60. The van der Waals surface area contributed by atoms with Crippen LogP contribution in [-0.2, 0) is 19.5 Å². The molecule has 0 atom stereocenters. The fourth-order valence-corrected chi connectivity index (χ4v) is 4.28. The number of benzene rings is 2. The minimum atomic E-state index is -0.411. The number of phenols is 1. The van der Waals surface area contributed by atoms with Gasteiger partial charge in [-0.3, -0.25) is 14.6 Å². The molecule has 0 unspecified atom stereocenters. The second-order valence-electron chi connectivity index (χ2n) is 8.39. The Kier molecular flexibility index (Phi) is 5.24. The molecule has 172 valence electrons. The van der Waals surface area contributed by atoms with Crippen molar-refractivity contribution in [1.82, 2.24) is 20.4 Å². The van der Waals surface area contributed by atoms with Gasteiger partial charge >= 0.3 is 0 Å². The summed E-state index contributed by atoms with van der Waals surface area (Å²) in [5, 5.41) is 18.0. The zero-order valence-corrected chi connectivity index (χ0v) is 18.6. The minimum Gasteiger partial charge on any atom is -0.505 e. The molecule has 9 heteroatoms. The van der Waals surface area contributed by atoms with Gasteiger partial charge in [0.1, 0.15) is 22.8 Å². The van der Waals surface area contributed by atoms with Crippen molar-refractivity contribution in [2.45, 2.75) is 26.4 Å². The van der Waals surface area contributed by atoms with E-state index >= 15 is 0 Å². The van der Waals surface area contributed by atoms with Gasteiger partial charge in [0.05, 0.1) is 17.7 Å². The first-order chi connectivity index (χ1) is 16.3. The van der Waals surface area contributed by atoms with E-state index in [-0.39, 0.29) is 47.2 Å². The summed E-state index contributed by atoms with van der Waals surface area (Å²) < 4.78 is 18.3. The van der Waals surface area contributed by atoms with Crippen LogP contribution in [0, 0.1) is 12.7 Å². The van der Waals surface area contributed by atoms with E-state index in [2.05, 4.69) is 15.5 Å². The first-order valence-electron chi connectivity index (χ1n) is 10.7. The van der Waals surface area contributed by atoms with Gasteiger partial charge in [0.2, 0.25) is 0 Å². The molecular formula is C25H21FN4O4. The van der Waals surface area contributed by atoms with Crippen molar-refractivity contribution in [2.24, 2.45) is 0 Å². The number of nitrogens with one attached hydrogen (secondary N) is 1. The van der Waals surface area contributed by atoms with Gasteiger partial charge in [0, 0.05) is 36.8 Å². The number of phenolic OH excluding ortho intramolecular Hbond substituents is 1. The fraction of sp³-hybridized carbons (Fsp3) is 0.200. The van der Waals surface area contributed by atoms with Crippen LogP contribution in [0.4, 0.5) is 4.39 Å². The number of fused-ring (bicyclic) bond motifs is 2. The number of carbonyl (C=O) groups excluding carboxylic acids is 2. The van der Waals surface area contributed by atoms with Gasteiger partial charge < -0.3 is 19.8 Å². The Labute approximate surface area is 194 Å². The predicted octanol–water partition coefficient (Wildman–Crippen LogP) is 3.48. The second kappa shape index (κ2) is 8.26. The molecule has 0 bridgehead atoms. The highest BCUT2D eigenvalue weighted by Crippen LogP contribution is 2.39. The number of pyridine rings is 1. The first-order valence-corrected chi connectivity index (χ1v) is 10.7. The van der Waals surface area contributed by atoms with Crippen molar-refractivity contribution in [3.05, 3.63) is 87.7 Å². The largest absolute Gasteiger partial charge is 0.505 e. The third kappa shape index (κ3) is 3.75. The zero-order valence-electron chi connectivity index (χ0n) is 18.6. The van der Waals surface area contributed by atoms with Gasteiger partial charge in [0.15, 0.2) is 5.75 Å². The number of halogens is 1. The van der Waals surface area contributed by atoms with Crippen LogP contribution in [0.5, 0.6) is 5.75 Å². The van der Waals surface area contributed by atoms with Crippen LogP contribution < -0.4 is 5.32 Å². The molecule has 0 spiro atoms. The first kappa shape index (κ1) is 21.6. The Bertz CT molecular complexity index is 1450. The van der Waals surface area contributed by atoms with E-state index < -0.39 is 5.91 Å². The summed E-state index contributed by atoms with van der Waals surface area (Å²) in [6, 6.07) is 9.63. The monoisotopic (exact) mass is 460 g/mol. The molecule has 0 saturated heterocycles. The maximum atomic E-state index is 13.4. The molecule has 2 aromatic carbocycles. The number of aromatic nitrogens is 2. The number of rotatable bonds is 5. The third-order valence-electron chi connectivity index (χ3n) is 5.89. The minimum absolute atomic E-state index is 0.0937.